The van der Waals surface area contributed by atoms with Gasteiger partial charge in [0.2, 0.25) is 0 Å². The van der Waals surface area contributed by atoms with Crippen LogP contribution in [0.25, 0.3) is 0 Å². The lowest BCUT2D eigenvalue weighted by Crippen LogP contribution is -2.17. The van der Waals surface area contributed by atoms with Crippen molar-refractivity contribution in [3.8, 4) is 5.75 Å². The highest BCUT2D eigenvalue weighted by Crippen LogP contribution is 2.39. The Morgan fingerprint density at radius 3 is 2.29 bits per heavy atom. The van der Waals surface area contributed by atoms with E-state index in [1.807, 2.05) is 0 Å². The molecule has 118 valence electrons. The molecular formula is C13H14F5NO2. The van der Waals surface area contributed by atoms with Gasteiger partial charge in [-0.3, -0.25) is 4.79 Å². The summed E-state index contributed by atoms with van der Waals surface area (Å²) in [4.78, 5) is 13.9. The van der Waals surface area contributed by atoms with E-state index in [0.29, 0.717) is 0 Å². The second-order valence-electron chi connectivity index (χ2n) is 4.87. The standard InChI is InChI=1S/C13H14F5NO2/c1-6(2)4-8-5-9(12(14)15)19-11(13(16,17)18)10(8)21-7(3)20/h5-6,12H,4H2,1-3H3. The van der Waals surface area contributed by atoms with E-state index in [1.54, 1.807) is 13.8 Å². The molecule has 1 rings (SSSR count). The molecule has 3 nitrogen and oxygen atoms in total. The van der Waals surface area contributed by atoms with Crippen molar-refractivity contribution in [2.75, 3.05) is 0 Å². The third kappa shape index (κ3) is 4.64. The Kier molecular flexibility index (Phi) is 5.25. The molecule has 0 fully saturated rings. The number of halogens is 5. The van der Waals surface area contributed by atoms with Crippen LogP contribution in [0.5, 0.6) is 5.75 Å². The molecule has 0 N–H and O–H groups in total. The van der Waals surface area contributed by atoms with E-state index in [1.165, 1.54) is 0 Å². The lowest BCUT2D eigenvalue weighted by molar-refractivity contribution is -0.145. The van der Waals surface area contributed by atoms with Crippen LogP contribution in [-0.2, 0) is 17.4 Å². The van der Waals surface area contributed by atoms with Crippen LogP contribution >= 0.6 is 0 Å². The summed E-state index contributed by atoms with van der Waals surface area (Å²) in [5.74, 6) is -1.89. The lowest BCUT2D eigenvalue weighted by Gasteiger charge is -2.18. The van der Waals surface area contributed by atoms with Crippen LogP contribution in [0.4, 0.5) is 22.0 Å². The summed E-state index contributed by atoms with van der Waals surface area (Å²) in [6, 6.07) is 0.845. The van der Waals surface area contributed by atoms with Crippen LogP contribution in [0.2, 0.25) is 0 Å². The molecular weight excluding hydrogens is 297 g/mol. The molecule has 0 saturated carbocycles. The summed E-state index contributed by atoms with van der Waals surface area (Å²) in [6.07, 6.45) is -8.10. The number of aromatic nitrogens is 1. The number of carbonyl (C=O) groups excluding carboxylic acids is 1. The number of ether oxygens (including phenoxy) is 1. The van der Waals surface area contributed by atoms with Crippen LogP contribution in [0.3, 0.4) is 0 Å². The minimum Gasteiger partial charge on any atom is -0.424 e. The third-order valence-electron chi connectivity index (χ3n) is 2.44. The van der Waals surface area contributed by atoms with Gasteiger partial charge in [0.25, 0.3) is 6.43 Å². The largest absolute Gasteiger partial charge is 0.437 e. The SMILES string of the molecule is CC(=O)Oc1c(CC(C)C)cc(C(F)F)nc1C(F)(F)F. The molecule has 0 aromatic carbocycles. The summed E-state index contributed by atoms with van der Waals surface area (Å²) in [5, 5.41) is 0. The zero-order valence-corrected chi connectivity index (χ0v) is 11.6. The first-order valence-electron chi connectivity index (χ1n) is 6.10. The normalized spacial score (nSPS) is 12.1. The second-order valence-corrected chi connectivity index (χ2v) is 4.87. The summed E-state index contributed by atoms with van der Waals surface area (Å²) in [7, 11) is 0. The van der Waals surface area contributed by atoms with Gasteiger partial charge < -0.3 is 4.74 Å². The van der Waals surface area contributed by atoms with Gasteiger partial charge in [-0.05, 0) is 24.0 Å². The molecule has 0 aliphatic heterocycles. The highest BCUT2D eigenvalue weighted by Gasteiger charge is 2.39. The van der Waals surface area contributed by atoms with Gasteiger partial charge in [-0.1, -0.05) is 13.8 Å². The van der Waals surface area contributed by atoms with Crippen LogP contribution in [0, 0.1) is 5.92 Å². The molecule has 0 aliphatic carbocycles. The van der Waals surface area contributed by atoms with Crippen molar-refractivity contribution in [1.29, 1.82) is 0 Å². The molecule has 1 heterocycles. The van der Waals surface area contributed by atoms with Crippen molar-refractivity contribution in [2.24, 2.45) is 5.92 Å². The van der Waals surface area contributed by atoms with Gasteiger partial charge in [0, 0.05) is 6.92 Å². The minimum atomic E-state index is -5.00. The van der Waals surface area contributed by atoms with Crippen molar-refractivity contribution in [2.45, 2.75) is 39.8 Å². The topological polar surface area (TPSA) is 39.2 Å². The summed E-state index contributed by atoms with van der Waals surface area (Å²) < 4.78 is 68.9. The van der Waals surface area contributed by atoms with Crippen molar-refractivity contribution in [3.63, 3.8) is 0 Å². The van der Waals surface area contributed by atoms with E-state index in [0.717, 1.165) is 13.0 Å². The quantitative estimate of drug-likeness (QED) is 0.619. The molecule has 1 aromatic heterocycles. The average molecular weight is 311 g/mol. The molecule has 0 spiro atoms. The van der Waals surface area contributed by atoms with Gasteiger partial charge in [-0.15, -0.1) is 0 Å². The zero-order valence-electron chi connectivity index (χ0n) is 11.6. The van der Waals surface area contributed by atoms with E-state index >= 15 is 0 Å². The first-order chi connectivity index (χ1) is 9.52. The fraction of sp³-hybridized carbons (Fsp3) is 0.538. The highest BCUT2D eigenvalue weighted by molar-refractivity contribution is 5.70. The maximum absolute atomic E-state index is 13.0. The Morgan fingerprint density at radius 2 is 1.90 bits per heavy atom. The van der Waals surface area contributed by atoms with Crippen LogP contribution in [0.15, 0.2) is 6.07 Å². The number of esters is 1. The Hall–Kier alpha value is -1.73. The Bertz CT molecular complexity index is 526. The van der Waals surface area contributed by atoms with E-state index in [4.69, 9.17) is 0 Å². The molecule has 0 atom stereocenters. The Balaban J connectivity index is 3.56. The van der Waals surface area contributed by atoms with Crippen molar-refractivity contribution < 1.29 is 31.5 Å². The number of pyridine rings is 1. The molecule has 1 aromatic rings. The zero-order chi connectivity index (χ0) is 16.4. The summed E-state index contributed by atoms with van der Waals surface area (Å²) in [6.45, 7) is 4.33. The average Bonchev–Trinajstić information content (AvgIpc) is 2.27. The van der Waals surface area contributed by atoms with Crippen molar-refractivity contribution in [3.05, 3.63) is 23.0 Å². The van der Waals surface area contributed by atoms with E-state index in [2.05, 4.69) is 9.72 Å². The number of carbonyl (C=O) groups is 1. The van der Waals surface area contributed by atoms with E-state index in [-0.39, 0.29) is 17.9 Å². The molecule has 8 heteroatoms. The fourth-order valence-corrected chi connectivity index (χ4v) is 1.76. The molecule has 21 heavy (non-hydrogen) atoms. The Labute approximate surface area is 118 Å². The van der Waals surface area contributed by atoms with Crippen LogP contribution in [0.1, 0.15) is 44.1 Å². The molecule has 0 saturated heterocycles. The van der Waals surface area contributed by atoms with Gasteiger partial charge in [0.1, 0.15) is 5.69 Å². The third-order valence-corrected chi connectivity index (χ3v) is 2.44. The molecule has 0 amide bonds. The van der Waals surface area contributed by atoms with E-state index < -0.39 is 35.7 Å². The second kappa shape index (κ2) is 6.36. The number of rotatable bonds is 4. The lowest BCUT2D eigenvalue weighted by atomic mass is 10.0. The number of nitrogens with zero attached hydrogens (tertiary/aromatic N) is 1. The molecule has 0 unspecified atom stereocenters. The van der Waals surface area contributed by atoms with Crippen LogP contribution < -0.4 is 4.74 Å². The van der Waals surface area contributed by atoms with Gasteiger partial charge in [-0.25, -0.2) is 13.8 Å². The van der Waals surface area contributed by atoms with Crippen molar-refractivity contribution in [1.82, 2.24) is 4.98 Å². The first kappa shape index (κ1) is 17.3. The number of hydrogen-bond acceptors (Lipinski definition) is 3. The number of hydrogen-bond donors (Lipinski definition) is 0. The minimum absolute atomic E-state index is 0.0495. The smallest absolute Gasteiger partial charge is 0.424 e. The highest BCUT2D eigenvalue weighted by atomic mass is 19.4. The predicted molar refractivity (Wildman–Crippen MR) is 64.0 cm³/mol. The maximum atomic E-state index is 13.0. The summed E-state index contributed by atoms with van der Waals surface area (Å²) in [5.41, 5.74) is -2.71. The van der Waals surface area contributed by atoms with Gasteiger partial charge >= 0.3 is 12.1 Å². The van der Waals surface area contributed by atoms with Crippen LogP contribution in [-0.4, -0.2) is 11.0 Å². The molecule has 0 bridgehead atoms. The summed E-state index contributed by atoms with van der Waals surface area (Å²) >= 11 is 0. The monoisotopic (exact) mass is 311 g/mol. The van der Waals surface area contributed by atoms with E-state index in [9.17, 15) is 26.7 Å². The fourth-order valence-electron chi connectivity index (χ4n) is 1.76. The molecule has 0 aliphatic rings. The first-order valence-corrected chi connectivity index (χ1v) is 6.10. The Morgan fingerprint density at radius 1 is 1.33 bits per heavy atom. The maximum Gasteiger partial charge on any atom is 0.437 e. The van der Waals surface area contributed by atoms with Gasteiger partial charge in [0.15, 0.2) is 11.4 Å². The van der Waals surface area contributed by atoms with Gasteiger partial charge in [0.05, 0.1) is 0 Å². The van der Waals surface area contributed by atoms with Gasteiger partial charge in [-0.2, -0.15) is 13.2 Å². The molecule has 0 radical (unpaired) electrons. The number of alkyl halides is 5. The predicted octanol–water partition coefficient (Wildman–Crippen LogP) is 4.16. The van der Waals surface area contributed by atoms with Crippen molar-refractivity contribution >= 4 is 5.97 Å².